The number of aliphatic carboxylic acids is 1. The molecule has 1 rings (SSSR count). The second kappa shape index (κ2) is 7.06. The molecule has 1 heterocycles. The molecule has 0 fully saturated rings. The molecule has 0 bridgehead atoms. The number of thioether (sulfide) groups is 1. The maximum absolute atomic E-state index is 11.2. The zero-order chi connectivity index (χ0) is 13.6. The van der Waals surface area contributed by atoms with E-state index >= 15 is 0 Å². The molecule has 2 N–H and O–H groups in total. The minimum absolute atomic E-state index is 0.557. The van der Waals surface area contributed by atoms with Crippen LogP contribution in [-0.2, 0) is 11.2 Å². The molecule has 7 heteroatoms. The second-order valence-corrected chi connectivity index (χ2v) is 6.19. The molecule has 1 aromatic heterocycles. The molecule has 0 saturated carbocycles. The van der Waals surface area contributed by atoms with Crippen LogP contribution < -0.4 is 5.32 Å². The molecule has 0 aliphatic heterocycles. The minimum Gasteiger partial charge on any atom is -0.480 e. The number of carbonyl (C=O) groups is 1. The third kappa shape index (κ3) is 4.22. The first-order valence-corrected chi connectivity index (χ1v) is 7.71. The SMILES string of the molecule is CCNC(C)(CCSc1nc(CC)ns1)C(=O)O. The standard InChI is InChI=1S/C11H19N3O2S2/c1-4-8-13-10(18-14-8)17-7-6-11(3,9(15)16)12-5-2/h12H,4-7H2,1-3H3,(H,15,16). The summed E-state index contributed by atoms with van der Waals surface area (Å²) in [6, 6.07) is 0. The van der Waals surface area contributed by atoms with Crippen LogP contribution in [-0.4, -0.2) is 38.3 Å². The second-order valence-electron chi connectivity index (χ2n) is 4.10. The number of aryl methyl sites for hydroxylation is 1. The molecule has 0 aliphatic carbocycles. The van der Waals surface area contributed by atoms with Crippen molar-refractivity contribution in [3.8, 4) is 0 Å². The molecule has 0 saturated heterocycles. The summed E-state index contributed by atoms with van der Waals surface area (Å²) in [7, 11) is 0. The number of carboxylic acids is 1. The Labute approximate surface area is 116 Å². The molecule has 0 aliphatic rings. The van der Waals surface area contributed by atoms with E-state index in [0.29, 0.717) is 18.7 Å². The molecular weight excluding hydrogens is 270 g/mol. The first-order chi connectivity index (χ1) is 8.51. The third-order valence-electron chi connectivity index (χ3n) is 2.63. The molecule has 5 nitrogen and oxygen atoms in total. The van der Waals surface area contributed by atoms with Gasteiger partial charge in [0.2, 0.25) is 0 Å². The van der Waals surface area contributed by atoms with Crippen LogP contribution in [0, 0.1) is 0 Å². The third-order valence-corrected chi connectivity index (χ3v) is 4.51. The number of nitrogens with one attached hydrogen (secondary N) is 1. The average molecular weight is 289 g/mol. The predicted molar refractivity (Wildman–Crippen MR) is 74.3 cm³/mol. The van der Waals surface area contributed by atoms with Crippen LogP contribution in [0.1, 0.15) is 33.0 Å². The fourth-order valence-corrected chi connectivity index (χ4v) is 3.37. The smallest absolute Gasteiger partial charge is 0.323 e. The number of hydrogen-bond donors (Lipinski definition) is 2. The number of nitrogens with zero attached hydrogens (tertiary/aromatic N) is 2. The van der Waals surface area contributed by atoms with Crippen molar-refractivity contribution < 1.29 is 9.90 Å². The maximum atomic E-state index is 11.2. The highest BCUT2D eigenvalue weighted by atomic mass is 32.2. The summed E-state index contributed by atoms with van der Waals surface area (Å²) < 4.78 is 5.11. The van der Waals surface area contributed by atoms with Crippen LogP contribution in [0.15, 0.2) is 4.34 Å². The van der Waals surface area contributed by atoms with E-state index in [1.165, 1.54) is 11.5 Å². The number of hydrogen-bond acceptors (Lipinski definition) is 6. The van der Waals surface area contributed by atoms with E-state index in [1.807, 2.05) is 13.8 Å². The van der Waals surface area contributed by atoms with Gasteiger partial charge in [0, 0.05) is 12.2 Å². The van der Waals surface area contributed by atoms with Gasteiger partial charge in [0.15, 0.2) is 4.34 Å². The molecular formula is C11H19N3O2S2. The maximum Gasteiger partial charge on any atom is 0.323 e. The Balaban J connectivity index is 2.46. The molecule has 0 amide bonds. The van der Waals surface area contributed by atoms with E-state index < -0.39 is 11.5 Å². The van der Waals surface area contributed by atoms with Gasteiger partial charge in [0.1, 0.15) is 11.4 Å². The minimum atomic E-state index is -0.861. The summed E-state index contributed by atoms with van der Waals surface area (Å²) in [6.07, 6.45) is 1.39. The first-order valence-electron chi connectivity index (χ1n) is 5.95. The zero-order valence-corrected chi connectivity index (χ0v) is 12.5. The van der Waals surface area contributed by atoms with E-state index in [9.17, 15) is 9.90 Å². The van der Waals surface area contributed by atoms with E-state index in [-0.39, 0.29) is 0 Å². The lowest BCUT2D eigenvalue weighted by molar-refractivity contribution is -0.144. The fraction of sp³-hybridized carbons (Fsp3) is 0.727. The number of aromatic nitrogens is 2. The van der Waals surface area contributed by atoms with Crippen molar-refractivity contribution in [3.63, 3.8) is 0 Å². The van der Waals surface area contributed by atoms with Crippen LogP contribution in [0.2, 0.25) is 0 Å². The highest BCUT2D eigenvalue weighted by Gasteiger charge is 2.31. The fourth-order valence-electron chi connectivity index (χ4n) is 1.44. The number of carboxylic acid groups (broad SMARTS) is 1. The Morgan fingerprint density at radius 1 is 1.56 bits per heavy atom. The van der Waals surface area contributed by atoms with Crippen LogP contribution in [0.4, 0.5) is 0 Å². The van der Waals surface area contributed by atoms with Crippen molar-refractivity contribution in [2.75, 3.05) is 12.3 Å². The largest absolute Gasteiger partial charge is 0.480 e. The molecule has 1 unspecified atom stereocenters. The number of rotatable bonds is 8. The summed E-state index contributed by atoms with van der Waals surface area (Å²) in [5.41, 5.74) is -0.861. The summed E-state index contributed by atoms with van der Waals surface area (Å²) >= 11 is 2.95. The van der Waals surface area contributed by atoms with Gasteiger partial charge in [-0.3, -0.25) is 4.79 Å². The Hall–Kier alpha value is -0.660. The topological polar surface area (TPSA) is 75.1 Å². The van der Waals surface area contributed by atoms with Crippen molar-refractivity contribution in [1.82, 2.24) is 14.7 Å². The molecule has 1 aromatic rings. The Morgan fingerprint density at radius 2 is 2.28 bits per heavy atom. The van der Waals surface area contributed by atoms with Crippen LogP contribution in [0.25, 0.3) is 0 Å². The van der Waals surface area contributed by atoms with Crippen molar-refractivity contribution >= 4 is 29.3 Å². The Bertz CT molecular complexity index is 397. The molecule has 102 valence electrons. The van der Waals surface area contributed by atoms with Crippen LogP contribution >= 0.6 is 23.3 Å². The normalized spacial score (nSPS) is 14.4. The van der Waals surface area contributed by atoms with Gasteiger partial charge < -0.3 is 10.4 Å². The molecule has 0 spiro atoms. The van der Waals surface area contributed by atoms with Gasteiger partial charge in [-0.25, -0.2) is 4.98 Å². The van der Waals surface area contributed by atoms with Gasteiger partial charge in [0.25, 0.3) is 0 Å². The predicted octanol–water partition coefficient (Wildman–Crippen LogP) is 2.04. The van der Waals surface area contributed by atoms with Gasteiger partial charge in [-0.15, -0.1) is 0 Å². The first kappa shape index (κ1) is 15.4. The van der Waals surface area contributed by atoms with E-state index in [4.69, 9.17) is 0 Å². The molecule has 0 aromatic carbocycles. The highest BCUT2D eigenvalue weighted by molar-refractivity contribution is 8.00. The molecule has 1 atom stereocenters. The monoisotopic (exact) mass is 289 g/mol. The summed E-state index contributed by atoms with van der Waals surface area (Å²) in [6.45, 7) is 6.29. The number of likely N-dealkylation sites (N-methyl/N-ethyl adjacent to an activating group) is 1. The Morgan fingerprint density at radius 3 is 2.78 bits per heavy atom. The van der Waals surface area contributed by atoms with Crippen LogP contribution in [0.3, 0.4) is 0 Å². The van der Waals surface area contributed by atoms with E-state index in [2.05, 4.69) is 14.7 Å². The summed E-state index contributed by atoms with van der Waals surface area (Å²) in [5.74, 6) is 0.764. The lowest BCUT2D eigenvalue weighted by Crippen LogP contribution is -2.49. The highest BCUT2D eigenvalue weighted by Crippen LogP contribution is 2.23. The van der Waals surface area contributed by atoms with Crippen LogP contribution in [0.5, 0.6) is 0 Å². The van der Waals surface area contributed by atoms with Gasteiger partial charge in [0.05, 0.1) is 0 Å². The lowest BCUT2D eigenvalue weighted by atomic mass is 9.99. The van der Waals surface area contributed by atoms with Gasteiger partial charge in [-0.05, 0) is 31.4 Å². The van der Waals surface area contributed by atoms with Crippen molar-refractivity contribution in [3.05, 3.63) is 5.82 Å². The molecule has 18 heavy (non-hydrogen) atoms. The lowest BCUT2D eigenvalue weighted by Gasteiger charge is -2.25. The van der Waals surface area contributed by atoms with Crippen molar-refractivity contribution in [2.45, 2.75) is 43.5 Å². The average Bonchev–Trinajstić information content (AvgIpc) is 2.77. The van der Waals surface area contributed by atoms with Gasteiger partial charge >= 0.3 is 5.97 Å². The van der Waals surface area contributed by atoms with E-state index in [0.717, 1.165) is 16.6 Å². The van der Waals surface area contributed by atoms with Gasteiger partial charge in [-0.2, -0.15) is 4.37 Å². The van der Waals surface area contributed by atoms with E-state index in [1.54, 1.807) is 18.7 Å². The summed E-state index contributed by atoms with van der Waals surface area (Å²) in [4.78, 5) is 15.5. The Kier molecular flexibility index (Phi) is 6.04. The van der Waals surface area contributed by atoms with Crippen molar-refractivity contribution in [2.24, 2.45) is 0 Å². The molecule has 0 radical (unpaired) electrons. The van der Waals surface area contributed by atoms with Crippen molar-refractivity contribution in [1.29, 1.82) is 0 Å². The quantitative estimate of drug-likeness (QED) is 0.713. The zero-order valence-electron chi connectivity index (χ0n) is 10.9. The van der Waals surface area contributed by atoms with Gasteiger partial charge in [-0.1, -0.05) is 25.6 Å². The summed E-state index contributed by atoms with van der Waals surface area (Å²) in [5, 5.41) is 12.2.